The Labute approximate surface area is 87.2 Å². The molecule has 3 heteroatoms. The van der Waals surface area contributed by atoms with Crippen LogP contribution in [0.4, 0.5) is 0 Å². The van der Waals surface area contributed by atoms with Gasteiger partial charge in [-0.3, -0.25) is 4.99 Å². The van der Waals surface area contributed by atoms with Gasteiger partial charge in [0.05, 0.1) is 0 Å². The van der Waals surface area contributed by atoms with Gasteiger partial charge in [0.1, 0.15) is 0 Å². The first-order valence-electron chi connectivity index (χ1n) is 5.78. The van der Waals surface area contributed by atoms with Crippen LogP contribution in [0.2, 0.25) is 0 Å². The van der Waals surface area contributed by atoms with E-state index in [1.165, 1.54) is 32.1 Å². The molecule has 0 heterocycles. The minimum atomic E-state index is 0.579. The average molecular weight is 197 g/mol. The van der Waals surface area contributed by atoms with E-state index in [-0.39, 0.29) is 0 Å². The first kappa shape index (κ1) is 11.3. The van der Waals surface area contributed by atoms with Crippen LogP contribution < -0.4 is 11.1 Å². The molecule has 0 saturated heterocycles. The number of aliphatic imine (C=N–C) groups is 1. The van der Waals surface area contributed by atoms with Crippen molar-refractivity contribution in [1.29, 1.82) is 0 Å². The van der Waals surface area contributed by atoms with Gasteiger partial charge in [0.25, 0.3) is 0 Å². The van der Waals surface area contributed by atoms with Gasteiger partial charge in [-0.1, -0.05) is 33.1 Å². The lowest BCUT2D eigenvalue weighted by atomic mass is 10.1. The van der Waals surface area contributed by atoms with Gasteiger partial charge in [-0.25, -0.2) is 0 Å². The van der Waals surface area contributed by atoms with E-state index in [0.717, 1.165) is 6.54 Å². The number of hydrogen-bond donors (Lipinski definition) is 2. The molecule has 0 bridgehead atoms. The van der Waals surface area contributed by atoms with E-state index in [9.17, 15) is 0 Å². The smallest absolute Gasteiger partial charge is 0.188 e. The zero-order valence-corrected chi connectivity index (χ0v) is 9.42. The van der Waals surface area contributed by atoms with Crippen LogP contribution in [0.5, 0.6) is 0 Å². The lowest BCUT2D eigenvalue weighted by molar-refractivity contribution is 0.569. The molecule has 3 N–H and O–H groups in total. The van der Waals surface area contributed by atoms with Crippen molar-refractivity contribution in [3.63, 3.8) is 0 Å². The summed E-state index contributed by atoms with van der Waals surface area (Å²) in [6.07, 6.45) is 6.33. The molecule has 1 atom stereocenters. The van der Waals surface area contributed by atoms with Crippen molar-refractivity contribution in [2.45, 2.75) is 52.0 Å². The molecule has 1 rings (SSSR count). The third-order valence-corrected chi connectivity index (χ3v) is 2.98. The van der Waals surface area contributed by atoms with Crippen LogP contribution >= 0.6 is 0 Å². The molecule has 0 spiro atoms. The zero-order valence-electron chi connectivity index (χ0n) is 9.42. The third kappa shape index (κ3) is 3.99. The molecule has 82 valence electrons. The Hall–Kier alpha value is -0.730. The second-order valence-corrected chi connectivity index (χ2v) is 4.37. The largest absolute Gasteiger partial charge is 0.370 e. The number of nitrogens with two attached hydrogens (primary N) is 1. The summed E-state index contributed by atoms with van der Waals surface area (Å²) in [6.45, 7) is 5.23. The Morgan fingerprint density at radius 2 is 2.14 bits per heavy atom. The van der Waals surface area contributed by atoms with Gasteiger partial charge in [-0.2, -0.15) is 0 Å². The molecule has 1 aliphatic carbocycles. The topological polar surface area (TPSA) is 50.4 Å². The van der Waals surface area contributed by atoms with Crippen molar-refractivity contribution in [1.82, 2.24) is 5.32 Å². The molecule has 0 aromatic heterocycles. The summed E-state index contributed by atoms with van der Waals surface area (Å²) in [7, 11) is 0. The minimum Gasteiger partial charge on any atom is -0.370 e. The summed E-state index contributed by atoms with van der Waals surface area (Å²) in [4.78, 5) is 4.34. The lowest BCUT2D eigenvalue weighted by Crippen LogP contribution is -2.38. The number of nitrogens with zero attached hydrogens (tertiary/aromatic N) is 1. The molecule has 0 aromatic rings. The summed E-state index contributed by atoms with van der Waals surface area (Å²) in [5.74, 6) is 1.27. The van der Waals surface area contributed by atoms with Crippen LogP contribution in [0.3, 0.4) is 0 Å². The van der Waals surface area contributed by atoms with E-state index in [4.69, 9.17) is 5.73 Å². The van der Waals surface area contributed by atoms with Crippen molar-refractivity contribution >= 4 is 5.96 Å². The highest BCUT2D eigenvalue weighted by molar-refractivity contribution is 5.78. The maximum Gasteiger partial charge on any atom is 0.188 e. The summed E-state index contributed by atoms with van der Waals surface area (Å²) >= 11 is 0. The maximum absolute atomic E-state index is 5.80. The molecule has 1 fully saturated rings. The van der Waals surface area contributed by atoms with Gasteiger partial charge in [0.15, 0.2) is 5.96 Å². The lowest BCUT2D eigenvalue weighted by Gasteiger charge is -2.13. The van der Waals surface area contributed by atoms with Crippen LogP contribution in [0.1, 0.15) is 46.0 Å². The molecular formula is C11H23N3. The summed E-state index contributed by atoms with van der Waals surface area (Å²) in [5.41, 5.74) is 5.80. The van der Waals surface area contributed by atoms with Gasteiger partial charge in [0, 0.05) is 12.6 Å². The Kier molecular flexibility index (Phi) is 4.77. The predicted molar refractivity (Wildman–Crippen MR) is 61.3 cm³/mol. The van der Waals surface area contributed by atoms with Crippen molar-refractivity contribution in [2.75, 3.05) is 6.54 Å². The minimum absolute atomic E-state index is 0.579. The van der Waals surface area contributed by atoms with E-state index in [1.54, 1.807) is 0 Å². The molecule has 3 nitrogen and oxygen atoms in total. The molecule has 1 aliphatic rings. The Morgan fingerprint density at radius 1 is 1.50 bits per heavy atom. The van der Waals surface area contributed by atoms with Crippen molar-refractivity contribution in [2.24, 2.45) is 16.6 Å². The maximum atomic E-state index is 5.80. The highest BCUT2D eigenvalue weighted by atomic mass is 15.1. The second kappa shape index (κ2) is 5.89. The fourth-order valence-corrected chi connectivity index (χ4v) is 1.71. The molecule has 14 heavy (non-hydrogen) atoms. The standard InChI is InChI=1S/C11H23N3/c1-3-9(2)8-13-11(12)14-10-6-4-5-7-10/h9-10H,3-8H2,1-2H3,(H3,12,13,14). The van der Waals surface area contributed by atoms with Crippen LogP contribution in [-0.2, 0) is 0 Å². The summed E-state index contributed by atoms with van der Waals surface area (Å²) in [6, 6.07) is 0.579. The van der Waals surface area contributed by atoms with Crippen LogP contribution in [0.15, 0.2) is 4.99 Å². The molecule has 0 radical (unpaired) electrons. The monoisotopic (exact) mass is 197 g/mol. The van der Waals surface area contributed by atoms with Crippen LogP contribution in [0.25, 0.3) is 0 Å². The van der Waals surface area contributed by atoms with E-state index >= 15 is 0 Å². The van der Waals surface area contributed by atoms with Gasteiger partial charge >= 0.3 is 0 Å². The Morgan fingerprint density at radius 3 is 2.71 bits per heavy atom. The molecule has 0 aliphatic heterocycles. The number of rotatable bonds is 4. The van der Waals surface area contributed by atoms with E-state index < -0.39 is 0 Å². The first-order valence-corrected chi connectivity index (χ1v) is 5.78. The number of guanidine groups is 1. The molecule has 1 saturated carbocycles. The predicted octanol–water partition coefficient (Wildman–Crippen LogP) is 1.88. The summed E-state index contributed by atoms with van der Waals surface area (Å²) < 4.78 is 0. The fraction of sp³-hybridized carbons (Fsp3) is 0.909. The fourth-order valence-electron chi connectivity index (χ4n) is 1.71. The van der Waals surface area contributed by atoms with Gasteiger partial charge in [0.2, 0.25) is 0 Å². The Bertz CT molecular complexity index is 183. The Balaban J connectivity index is 2.21. The quantitative estimate of drug-likeness (QED) is 0.534. The normalized spacial score (nSPS) is 21.1. The first-order chi connectivity index (χ1) is 6.72. The van der Waals surface area contributed by atoms with Gasteiger partial charge in [-0.05, 0) is 18.8 Å². The van der Waals surface area contributed by atoms with Crippen molar-refractivity contribution in [3.8, 4) is 0 Å². The number of hydrogen-bond acceptors (Lipinski definition) is 1. The van der Waals surface area contributed by atoms with Crippen molar-refractivity contribution < 1.29 is 0 Å². The highest BCUT2D eigenvalue weighted by Gasteiger charge is 2.14. The molecule has 0 aromatic carbocycles. The SMILES string of the molecule is CCC(C)CN=C(N)NC1CCCC1. The van der Waals surface area contributed by atoms with E-state index in [1.807, 2.05) is 0 Å². The molecule has 1 unspecified atom stereocenters. The highest BCUT2D eigenvalue weighted by Crippen LogP contribution is 2.17. The molecular weight excluding hydrogens is 174 g/mol. The van der Waals surface area contributed by atoms with E-state index in [2.05, 4.69) is 24.2 Å². The third-order valence-electron chi connectivity index (χ3n) is 2.98. The summed E-state index contributed by atoms with van der Waals surface area (Å²) in [5, 5.41) is 3.29. The van der Waals surface area contributed by atoms with Crippen LogP contribution in [-0.4, -0.2) is 18.5 Å². The average Bonchev–Trinajstić information content (AvgIpc) is 2.66. The second-order valence-electron chi connectivity index (χ2n) is 4.37. The van der Waals surface area contributed by atoms with Crippen LogP contribution in [0, 0.1) is 5.92 Å². The molecule has 0 amide bonds. The van der Waals surface area contributed by atoms with Crippen molar-refractivity contribution in [3.05, 3.63) is 0 Å². The number of nitrogens with one attached hydrogen (secondary N) is 1. The van der Waals surface area contributed by atoms with Gasteiger partial charge < -0.3 is 11.1 Å². The van der Waals surface area contributed by atoms with Gasteiger partial charge in [-0.15, -0.1) is 0 Å². The van der Waals surface area contributed by atoms with E-state index in [0.29, 0.717) is 17.9 Å². The zero-order chi connectivity index (χ0) is 10.4.